The molecule has 2 aliphatic rings. The number of ether oxygens (including phenoxy) is 1. The van der Waals surface area contributed by atoms with Crippen LogP contribution in [0.1, 0.15) is 5.69 Å². The molecule has 21 heavy (non-hydrogen) atoms. The number of nitrogens with zero attached hydrogens (tertiary/aromatic N) is 4. The number of aromatic nitrogens is 1. The first-order valence-electron chi connectivity index (χ1n) is 7.48. The van der Waals surface area contributed by atoms with Crippen LogP contribution in [0.25, 0.3) is 0 Å². The van der Waals surface area contributed by atoms with Crippen LogP contribution < -0.4 is 0 Å². The summed E-state index contributed by atoms with van der Waals surface area (Å²) < 4.78 is 5.31. The van der Waals surface area contributed by atoms with Crippen LogP contribution in [-0.4, -0.2) is 84.6 Å². The molecule has 3 heterocycles. The van der Waals surface area contributed by atoms with Gasteiger partial charge in [-0.25, -0.2) is 4.98 Å². The molecule has 0 aromatic carbocycles. The van der Waals surface area contributed by atoms with Crippen molar-refractivity contribution < 1.29 is 9.53 Å². The summed E-state index contributed by atoms with van der Waals surface area (Å²) in [6.45, 7) is 8.19. The minimum atomic E-state index is 0.255. The summed E-state index contributed by atoms with van der Waals surface area (Å²) in [6.07, 6.45) is 0. The molecule has 0 N–H and O–H groups in total. The van der Waals surface area contributed by atoms with E-state index in [1.807, 2.05) is 10.4 Å². The third kappa shape index (κ3) is 4.23. The zero-order chi connectivity index (χ0) is 14.5. The quantitative estimate of drug-likeness (QED) is 0.791. The first-order valence-corrected chi connectivity index (χ1v) is 8.43. The van der Waals surface area contributed by atoms with Gasteiger partial charge in [0.15, 0.2) is 0 Å². The van der Waals surface area contributed by atoms with Crippen molar-refractivity contribution in [3.8, 4) is 0 Å². The Labute approximate surface area is 129 Å². The summed E-state index contributed by atoms with van der Waals surface area (Å²) in [6, 6.07) is 0. The fourth-order valence-corrected chi connectivity index (χ4v) is 3.30. The summed E-state index contributed by atoms with van der Waals surface area (Å²) in [5.41, 5.74) is 3.00. The van der Waals surface area contributed by atoms with Gasteiger partial charge in [0.1, 0.15) is 0 Å². The Hall–Kier alpha value is -1.02. The Balaban J connectivity index is 1.41. The summed E-state index contributed by atoms with van der Waals surface area (Å²) in [5, 5.41) is 2.09. The maximum absolute atomic E-state index is 12.3. The highest BCUT2D eigenvalue weighted by atomic mass is 32.1. The summed E-state index contributed by atoms with van der Waals surface area (Å²) in [5.74, 6) is 0.255. The molecule has 0 radical (unpaired) electrons. The van der Waals surface area contributed by atoms with Crippen LogP contribution in [0.5, 0.6) is 0 Å². The van der Waals surface area contributed by atoms with Gasteiger partial charge in [-0.2, -0.15) is 0 Å². The second-order valence-electron chi connectivity index (χ2n) is 5.53. The average Bonchev–Trinajstić information content (AvgIpc) is 3.02. The Morgan fingerprint density at radius 3 is 2.57 bits per heavy atom. The number of amides is 1. The number of piperazine rings is 1. The van der Waals surface area contributed by atoms with Crippen LogP contribution in [0.4, 0.5) is 0 Å². The van der Waals surface area contributed by atoms with E-state index in [-0.39, 0.29) is 5.91 Å². The number of hydrogen-bond acceptors (Lipinski definition) is 6. The maximum Gasteiger partial charge on any atom is 0.236 e. The van der Waals surface area contributed by atoms with Crippen LogP contribution in [-0.2, 0) is 16.1 Å². The topological polar surface area (TPSA) is 48.9 Å². The Morgan fingerprint density at radius 1 is 1.14 bits per heavy atom. The van der Waals surface area contributed by atoms with Gasteiger partial charge >= 0.3 is 0 Å². The van der Waals surface area contributed by atoms with Gasteiger partial charge in [-0.3, -0.25) is 14.6 Å². The van der Waals surface area contributed by atoms with E-state index in [2.05, 4.69) is 20.2 Å². The highest BCUT2D eigenvalue weighted by Crippen LogP contribution is 2.09. The van der Waals surface area contributed by atoms with Crippen LogP contribution in [0.15, 0.2) is 10.9 Å². The lowest BCUT2D eigenvalue weighted by Gasteiger charge is -2.36. The van der Waals surface area contributed by atoms with Crippen LogP contribution >= 0.6 is 11.3 Å². The lowest BCUT2D eigenvalue weighted by molar-refractivity contribution is -0.135. The van der Waals surface area contributed by atoms with Gasteiger partial charge in [-0.1, -0.05) is 0 Å². The number of rotatable bonds is 4. The third-order valence-electron chi connectivity index (χ3n) is 4.06. The van der Waals surface area contributed by atoms with Crippen molar-refractivity contribution in [1.29, 1.82) is 0 Å². The van der Waals surface area contributed by atoms with Crippen molar-refractivity contribution >= 4 is 17.2 Å². The number of morpholine rings is 1. The molecule has 7 heteroatoms. The van der Waals surface area contributed by atoms with E-state index in [1.54, 1.807) is 11.3 Å². The van der Waals surface area contributed by atoms with Crippen LogP contribution in [0.3, 0.4) is 0 Å². The summed E-state index contributed by atoms with van der Waals surface area (Å²) in [4.78, 5) is 23.2. The second-order valence-corrected chi connectivity index (χ2v) is 6.24. The predicted octanol–water partition coefficient (Wildman–Crippen LogP) is 0.120. The van der Waals surface area contributed by atoms with Crippen molar-refractivity contribution in [3.63, 3.8) is 0 Å². The van der Waals surface area contributed by atoms with Gasteiger partial charge in [-0.05, 0) is 0 Å². The number of carbonyl (C=O) groups excluding carboxylic acids is 1. The van der Waals surface area contributed by atoms with Crippen molar-refractivity contribution in [2.24, 2.45) is 0 Å². The van der Waals surface area contributed by atoms with E-state index >= 15 is 0 Å². The van der Waals surface area contributed by atoms with Crippen LogP contribution in [0, 0.1) is 0 Å². The zero-order valence-electron chi connectivity index (χ0n) is 12.2. The molecular formula is C14H22N4O2S. The molecule has 2 saturated heterocycles. The SMILES string of the molecule is O=C(CN1CCOCC1)N1CCN(Cc2cscn2)CC1. The van der Waals surface area contributed by atoms with Crippen molar-refractivity contribution in [3.05, 3.63) is 16.6 Å². The molecule has 2 fully saturated rings. The highest BCUT2D eigenvalue weighted by Gasteiger charge is 2.23. The fourth-order valence-electron chi connectivity index (χ4n) is 2.75. The fraction of sp³-hybridized carbons (Fsp3) is 0.714. The minimum absolute atomic E-state index is 0.255. The van der Waals surface area contributed by atoms with E-state index < -0.39 is 0 Å². The molecule has 0 saturated carbocycles. The second kappa shape index (κ2) is 7.31. The van der Waals surface area contributed by atoms with E-state index in [9.17, 15) is 4.79 Å². The van der Waals surface area contributed by atoms with Gasteiger partial charge in [0.25, 0.3) is 0 Å². The third-order valence-corrected chi connectivity index (χ3v) is 4.69. The molecule has 3 rings (SSSR count). The first kappa shape index (κ1) is 14.9. The molecule has 1 aromatic heterocycles. The number of thiazole rings is 1. The smallest absolute Gasteiger partial charge is 0.236 e. The minimum Gasteiger partial charge on any atom is -0.379 e. The molecule has 0 aliphatic carbocycles. The standard InChI is InChI=1S/C14H22N4O2S/c19-14(10-17-5-7-20-8-6-17)18-3-1-16(2-4-18)9-13-11-21-12-15-13/h11-12H,1-10H2. The first-order chi connectivity index (χ1) is 10.3. The molecule has 1 amide bonds. The normalized spacial score (nSPS) is 21.6. The van der Waals surface area contributed by atoms with Gasteiger partial charge in [0, 0.05) is 51.2 Å². The van der Waals surface area contributed by atoms with E-state index in [0.29, 0.717) is 6.54 Å². The molecule has 1 aromatic rings. The maximum atomic E-state index is 12.3. The molecule has 0 unspecified atom stereocenters. The predicted molar refractivity (Wildman–Crippen MR) is 81.2 cm³/mol. The van der Waals surface area contributed by atoms with E-state index in [1.165, 1.54) is 0 Å². The molecule has 0 atom stereocenters. The van der Waals surface area contributed by atoms with Gasteiger partial charge < -0.3 is 9.64 Å². The monoisotopic (exact) mass is 310 g/mol. The Kier molecular flexibility index (Phi) is 5.18. The molecule has 2 aliphatic heterocycles. The van der Waals surface area contributed by atoms with E-state index in [4.69, 9.17) is 4.74 Å². The highest BCUT2D eigenvalue weighted by molar-refractivity contribution is 7.07. The Bertz CT molecular complexity index is 440. The van der Waals surface area contributed by atoms with Gasteiger partial charge in [0.05, 0.1) is 31.0 Å². The molecule has 116 valence electrons. The molecule has 0 bridgehead atoms. The number of hydrogen-bond donors (Lipinski definition) is 0. The zero-order valence-corrected chi connectivity index (χ0v) is 13.1. The van der Waals surface area contributed by atoms with E-state index in [0.717, 1.165) is 64.7 Å². The average molecular weight is 310 g/mol. The van der Waals surface area contributed by atoms with Crippen molar-refractivity contribution in [2.45, 2.75) is 6.54 Å². The largest absolute Gasteiger partial charge is 0.379 e. The summed E-state index contributed by atoms with van der Waals surface area (Å²) >= 11 is 1.63. The van der Waals surface area contributed by atoms with Crippen LogP contribution in [0.2, 0.25) is 0 Å². The molecule has 0 spiro atoms. The van der Waals surface area contributed by atoms with Gasteiger partial charge in [-0.15, -0.1) is 11.3 Å². The van der Waals surface area contributed by atoms with Crippen molar-refractivity contribution in [2.75, 3.05) is 59.0 Å². The Morgan fingerprint density at radius 2 is 1.90 bits per heavy atom. The molecule has 6 nitrogen and oxygen atoms in total. The summed E-state index contributed by atoms with van der Waals surface area (Å²) in [7, 11) is 0. The lowest BCUT2D eigenvalue weighted by Crippen LogP contribution is -2.52. The molecular weight excluding hydrogens is 288 g/mol. The number of carbonyl (C=O) groups is 1. The lowest BCUT2D eigenvalue weighted by atomic mass is 10.3. The van der Waals surface area contributed by atoms with Gasteiger partial charge in [0.2, 0.25) is 5.91 Å². The van der Waals surface area contributed by atoms with Crippen molar-refractivity contribution in [1.82, 2.24) is 19.7 Å².